The van der Waals surface area contributed by atoms with Gasteiger partial charge in [0.15, 0.2) is 0 Å². The third kappa shape index (κ3) is 5.60. The van der Waals surface area contributed by atoms with Crippen molar-refractivity contribution in [1.82, 2.24) is 4.90 Å². The minimum atomic E-state index is -4.37. The summed E-state index contributed by atoms with van der Waals surface area (Å²) in [6.45, 7) is 0.744. The van der Waals surface area contributed by atoms with Crippen molar-refractivity contribution < 1.29 is 22.7 Å². The first-order chi connectivity index (χ1) is 8.42. The number of halogens is 3. The lowest BCUT2D eigenvalue weighted by Crippen LogP contribution is -2.41. The van der Waals surface area contributed by atoms with E-state index < -0.39 is 18.8 Å². The van der Waals surface area contributed by atoms with Crippen molar-refractivity contribution >= 4 is 6.09 Å². The standard InChI is InChI=1S/C12H20F3NO2/c1-2-3-8-16(9-12(13,14)15)11(17)18-10-6-4-5-7-10/h10H,2-9H2,1H3. The summed E-state index contributed by atoms with van der Waals surface area (Å²) >= 11 is 0. The third-order valence-electron chi connectivity index (χ3n) is 2.98. The van der Waals surface area contributed by atoms with Gasteiger partial charge in [-0.3, -0.25) is 4.90 Å². The minimum absolute atomic E-state index is 0.0988. The maximum atomic E-state index is 12.4. The fourth-order valence-electron chi connectivity index (χ4n) is 2.02. The molecule has 1 amide bonds. The number of unbranched alkanes of at least 4 members (excludes halogenated alkanes) is 1. The van der Waals surface area contributed by atoms with Gasteiger partial charge in [0.25, 0.3) is 0 Å². The molecule has 0 spiro atoms. The van der Waals surface area contributed by atoms with E-state index in [2.05, 4.69) is 0 Å². The Labute approximate surface area is 105 Å². The van der Waals surface area contributed by atoms with Crippen molar-refractivity contribution in [3.8, 4) is 0 Å². The lowest BCUT2D eigenvalue weighted by molar-refractivity contribution is -0.143. The molecule has 0 aromatic rings. The van der Waals surface area contributed by atoms with Gasteiger partial charge in [-0.15, -0.1) is 0 Å². The Bertz CT molecular complexity index is 263. The third-order valence-corrected chi connectivity index (χ3v) is 2.98. The van der Waals surface area contributed by atoms with Crippen LogP contribution in [0.15, 0.2) is 0 Å². The quantitative estimate of drug-likeness (QED) is 0.759. The summed E-state index contributed by atoms with van der Waals surface area (Å²) in [4.78, 5) is 12.5. The highest BCUT2D eigenvalue weighted by Crippen LogP contribution is 2.23. The SMILES string of the molecule is CCCCN(CC(F)(F)F)C(=O)OC1CCCC1. The predicted octanol–water partition coefficient (Wildman–Crippen LogP) is 3.73. The lowest BCUT2D eigenvalue weighted by Gasteiger charge is -2.24. The molecule has 18 heavy (non-hydrogen) atoms. The van der Waals surface area contributed by atoms with Crippen LogP contribution in [0.5, 0.6) is 0 Å². The molecule has 1 saturated carbocycles. The molecule has 106 valence electrons. The molecule has 0 saturated heterocycles. The highest BCUT2D eigenvalue weighted by Gasteiger charge is 2.34. The number of hydrogen-bond donors (Lipinski definition) is 0. The summed E-state index contributed by atoms with van der Waals surface area (Å²) in [5.74, 6) is 0. The van der Waals surface area contributed by atoms with Crippen molar-refractivity contribution in [3.63, 3.8) is 0 Å². The fourth-order valence-corrected chi connectivity index (χ4v) is 2.02. The van der Waals surface area contributed by atoms with Crippen LogP contribution in [-0.4, -0.2) is 36.4 Å². The summed E-state index contributed by atoms with van der Waals surface area (Å²) in [7, 11) is 0. The molecule has 1 aliphatic carbocycles. The fraction of sp³-hybridized carbons (Fsp3) is 0.917. The van der Waals surface area contributed by atoms with Crippen molar-refractivity contribution in [3.05, 3.63) is 0 Å². The number of amides is 1. The van der Waals surface area contributed by atoms with E-state index in [1.165, 1.54) is 0 Å². The number of nitrogens with zero attached hydrogens (tertiary/aromatic N) is 1. The van der Waals surface area contributed by atoms with E-state index in [1.54, 1.807) is 0 Å². The Morgan fingerprint density at radius 1 is 1.33 bits per heavy atom. The van der Waals surface area contributed by atoms with Crippen LogP contribution in [-0.2, 0) is 4.74 Å². The van der Waals surface area contributed by atoms with Crippen LogP contribution in [0.2, 0.25) is 0 Å². The molecule has 0 unspecified atom stereocenters. The van der Waals surface area contributed by atoms with Crippen LogP contribution in [0.3, 0.4) is 0 Å². The number of ether oxygens (including phenoxy) is 1. The van der Waals surface area contributed by atoms with Crippen molar-refractivity contribution in [2.45, 2.75) is 57.7 Å². The molecule has 1 rings (SSSR count). The molecule has 1 fully saturated rings. The molecule has 0 heterocycles. The Balaban J connectivity index is 2.48. The highest BCUT2D eigenvalue weighted by molar-refractivity contribution is 5.67. The first-order valence-corrected chi connectivity index (χ1v) is 6.44. The monoisotopic (exact) mass is 267 g/mol. The van der Waals surface area contributed by atoms with Gasteiger partial charge in [0, 0.05) is 6.54 Å². The first-order valence-electron chi connectivity index (χ1n) is 6.44. The van der Waals surface area contributed by atoms with Gasteiger partial charge in [0.2, 0.25) is 0 Å². The number of alkyl halides is 3. The number of carbonyl (C=O) groups is 1. The van der Waals surface area contributed by atoms with Crippen LogP contribution in [0.1, 0.15) is 45.4 Å². The van der Waals surface area contributed by atoms with Crippen LogP contribution >= 0.6 is 0 Å². The number of rotatable bonds is 5. The van der Waals surface area contributed by atoms with E-state index in [4.69, 9.17) is 4.74 Å². The van der Waals surface area contributed by atoms with E-state index in [9.17, 15) is 18.0 Å². The molecule has 6 heteroatoms. The molecular formula is C12H20F3NO2. The van der Waals surface area contributed by atoms with Crippen LogP contribution < -0.4 is 0 Å². The van der Waals surface area contributed by atoms with E-state index >= 15 is 0 Å². The normalized spacial score (nSPS) is 16.9. The summed E-state index contributed by atoms with van der Waals surface area (Å²) in [5, 5.41) is 0. The average molecular weight is 267 g/mol. The maximum absolute atomic E-state index is 12.4. The van der Waals surface area contributed by atoms with Gasteiger partial charge in [-0.25, -0.2) is 4.79 Å². The number of hydrogen-bond acceptors (Lipinski definition) is 2. The van der Waals surface area contributed by atoms with E-state index in [-0.39, 0.29) is 12.6 Å². The van der Waals surface area contributed by atoms with Gasteiger partial charge < -0.3 is 4.74 Å². The van der Waals surface area contributed by atoms with Crippen molar-refractivity contribution in [2.75, 3.05) is 13.1 Å². The van der Waals surface area contributed by atoms with Gasteiger partial charge in [0.05, 0.1) is 0 Å². The topological polar surface area (TPSA) is 29.5 Å². The smallest absolute Gasteiger partial charge is 0.410 e. The molecule has 0 N–H and O–H groups in total. The second kappa shape index (κ2) is 6.85. The molecule has 0 radical (unpaired) electrons. The highest BCUT2D eigenvalue weighted by atomic mass is 19.4. The predicted molar refractivity (Wildman–Crippen MR) is 61.3 cm³/mol. The summed E-state index contributed by atoms with van der Waals surface area (Å²) in [5.41, 5.74) is 0. The van der Waals surface area contributed by atoms with Crippen LogP contribution in [0.4, 0.5) is 18.0 Å². The molecule has 0 atom stereocenters. The number of carbonyl (C=O) groups excluding carboxylic acids is 1. The Morgan fingerprint density at radius 2 is 1.94 bits per heavy atom. The second-order valence-electron chi connectivity index (χ2n) is 4.68. The van der Waals surface area contributed by atoms with Gasteiger partial charge in [-0.05, 0) is 32.1 Å². The van der Waals surface area contributed by atoms with E-state index in [0.29, 0.717) is 6.42 Å². The molecule has 0 bridgehead atoms. The minimum Gasteiger partial charge on any atom is -0.446 e. The largest absolute Gasteiger partial charge is 0.446 e. The van der Waals surface area contributed by atoms with Crippen LogP contribution in [0.25, 0.3) is 0 Å². The van der Waals surface area contributed by atoms with E-state index in [1.807, 2.05) is 6.92 Å². The zero-order valence-electron chi connectivity index (χ0n) is 10.6. The maximum Gasteiger partial charge on any atom is 0.410 e. The average Bonchev–Trinajstić information content (AvgIpc) is 2.75. The Morgan fingerprint density at radius 3 is 2.44 bits per heavy atom. The second-order valence-corrected chi connectivity index (χ2v) is 4.68. The Kier molecular flexibility index (Phi) is 5.75. The van der Waals surface area contributed by atoms with E-state index in [0.717, 1.165) is 37.0 Å². The van der Waals surface area contributed by atoms with Gasteiger partial charge >= 0.3 is 12.3 Å². The molecule has 0 aliphatic heterocycles. The lowest BCUT2D eigenvalue weighted by atomic mass is 10.3. The van der Waals surface area contributed by atoms with Gasteiger partial charge in [-0.1, -0.05) is 13.3 Å². The van der Waals surface area contributed by atoms with Crippen LogP contribution in [0, 0.1) is 0 Å². The first kappa shape index (κ1) is 15.1. The van der Waals surface area contributed by atoms with Gasteiger partial charge in [-0.2, -0.15) is 13.2 Å². The summed E-state index contributed by atoms with van der Waals surface area (Å²) < 4.78 is 42.2. The molecule has 1 aliphatic rings. The van der Waals surface area contributed by atoms with Crippen molar-refractivity contribution in [1.29, 1.82) is 0 Å². The Hall–Kier alpha value is -0.940. The zero-order chi connectivity index (χ0) is 13.6. The molecule has 0 aromatic carbocycles. The summed E-state index contributed by atoms with van der Waals surface area (Å²) in [6.07, 6.45) is -0.622. The molecular weight excluding hydrogens is 247 g/mol. The molecule has 0 aromatic heterocycles. The summed E-state index contributed by atoms with van der Waals surface area (Å²) in [6, 6.07) is 0. The zero-order valence-corrected chi connectivity index (χ0v) is 10.6. The van der Waals surface area contributed by atoms with Gasteiger partial charge in [0.1, 0.15) is 12.6 Å². The molecule has 3 nitrogen and oxygen atoms in total. The van der Waals surface area contributed by atoms with Crippen molar-refractivity contribution in [2.24, 2.45) is 0 Å².